The Labute approximate surface area is 95.1 Å². The van der Waals surface area contributed by atoms with Gasteiger partial charge in [0.1, 0.15) is 23.6 Å². The van der Waals surface area contributed by atoms with Crippen LogP contribution in [-0.2, 0) is 0 Å². The third-order valence-electron chi connectivity index (χ3n) is 2.54. The molecule has 0 aliphatic heterocycles. The molecule has 0 aliphatic rings. The highest BCUT2D eigenvalue weighted by atomic mass is 19.1. The fourth-order valence-corrected chi connectivity index (χ4v) is 1.77. The number of nitrogens with zero attached hydrogens (tertiary/aromatic N) is 2. The lowest BCUT2D eigenvalue weighted by molar-refractivity contribution is 0.585. The molecule has 3 nitrogen and oxygen atoms in total. The molecule has 0 spiro atoms. The van der Waals surface area contributed by atoms with Crippen molar-refractivity contribution < 1.29 is 8.78 Å². The largest absolute Gasteiger partial charge is 0.346 e. The van der Waals surface area contributed by atoms with E-state index in [1.165, 1.54) is 18.5 Å². The van der Waals surface area contributed by atoms with Gasteiger partial charge in [-0.05, 0) is 18.2 Å². The summed E-state index contributed by atoms with van der Waals surface area (Å²) in [4.78, 5) is 11.0. The van der Waals surface area contributed by atoms with Crippen LogP contribution < -0.4 is 0 Å². The first kappa shape index (κ1) is 9.89. The van der Waals surface area contributed by atoms with Gasteiger partial charge < -0.3 is 4.98 Å². The van der Waals surface area contributed by atoms with Crippen LogP contribution in [0.2, 0.25) is 0 Å². The maximum absolute atomic E-state index is 13.7. The Morgan fingerprint density at radius 3 is 2.76 bits per heavy atom. The lowest BCUT2D eigenvalue weighted by Gasteiger charge is -2.03. The number of nitrogens with one attached hydrogen (secondary N) is 1. The van der Waals surface area contributed by atoms with Crippen molar-refractivity contribution in [1.82, 2.24) is 15.0 Å². The van der Waals surface area contributed by atoms with Gasteiger partial charge in [0.25, 0.3) is 0 Å². The number of benzene rings is 1. The predicted octanol–water partition coefficient (Wildman–Crippen LogP) is 2.90. The lowest BCUT2D eigenvalue weighted by atomic mass is 10.1. The number of fused-ring (bicyclic) bond motifs is 1. The molecule has 0 radical (unpaired) electrons. The van der Waals surface area contributed by atoms with Crippen LogP contribution in [-0.4, -0.2) is 15.0 Å². The van der Waals surface area contributed by atoms with E-state index >= 15 is 0 Å². The molecule has 0 aliphatic carbocycles. The molecule has 3 aromatic rings. The molecule has 5 heteroatoms. The number of rotatable bonds is 1. The van der Waals surface area contributed by atoms with E-state index < -0.39 is 11.6 Å². The zero-order chi connectivity index (χ0) is 11.8. The van der Waals surface area contributed by atoms with Gasteiger partial charge in [-0.2, -0.15) is 0 Å². The Morgan fingerprint density at radius 2 is 1.94 bits per heavy atom. The normalized spacial score (nSPS) is 10.9. The zero-order valence-corrected chi connectivity index (χ0v) is 8.61. The summed E-state index contributed by atoms with van der Waals surface area (Å²) in [6.45, 7) is 0. The fourth-order valence-electron chi connectivity index (χ4n) is 1.77. The van der Waals surface area contributed by atoms with Crippen molar-refractivity contribution in [2.24, 2.45) is 0 Å². The third-order valence-corrected chi connectivity index (χ3v) is 2.54. The Kier molecular flexibility index (Phi) is 2.11. The highest BCUT2D eigenvalue weighted by Crippen LogP contribution is 2.27. The van der Waals surface area contributed by atoms with Gasteiger partial charge in [-0.3, -0.25) is 0 Å². The number of hydrogen-bond donors (Lipinski definition) is 1. The lowest BCUT2D eigenvalue weighted by Crippen LogP contribution is -1.91. The van der Waals surface area contributed by atoms with E-state index in [1.54, 1.807) is 12.3 Å². The maximum Gasteiger partial charge on any atom is 0.141 e. The van der Waals surface area contributed by atoms with E-state index in [4.69, 9.17) is 0 Å². The average Bonchev–Trinajstić information content (AvgIpc) is 2.77. The summed E-state index contributed by atoms with van der Waals surface area (Å²) in [5, 5.41) is 0.706. The summed E-state index contributed by atoms with van der Waals surface area (Å²) >= 11 is 0. The second kappa shape index (κ2) is 3.62. The molecule has 0 bridgehead atoms. The number of halogens is 2. The minimum absolute atomic E-state index is 0.262. The molecule has 1 N–H and O–H groups in total. The number of hydrogen-bond acceptors (Lipinski definition) is 2. The van der Waals surface area contributed by atoms with Gasteiger partial charge in [0.05, 0.1) is 5.69 Å². The topological polar surface area (TPSA) is 41.6 Å². The van der Waals surface area contributed by atoms with Crippen LogP contribution in [0.1, 0.15) is 0 Å². The standard InChI is InChI=1S/C12H7F2N3/c13-7-1-2-8(10(14)5-7)11-9-3-4-15-12(9)17-6-16-11/h1-6H,(H,15,16,17). The highest BCUT2D eigenvalue weighted by Gasteiger charge is 2.11. The molecule has 2 aromatic heterocycles. The van der Waals surface area contributed by atoms with Crippen molar-refractivity contribution in [2.75, 3.05) is 0 Å². The highest BCUT2D eigenvalue weighted by molar-refractivity contribution is 5.90. The first-order valence-corrected chi connectivity index (χ1v) is 4.99. The number of aromatic amines is 1. The van der Waals surface area contributed by atoms with E-state index in [0.717, 1.165) is 6.07 Å². The van der Waals surface area contributed by atoms with Crippen LogP contribution in [0.4, 0.5) is 8.78 Å². The first-order valence-electron chi connectivity index (χ1n) is 4.99. The van der Waals surface area contributed by atoms with Crippen molar-refractivity contribution >= 4 is 11.0 Å². The van der Waals surface area contributed by atoms with E-state index in [9.17, 15) is 8.78 Å². The molecule has 0 unspecified atom stereocenters. The van der Waals surface area contributed by atoms with E-state index in [-0.39, 0.29) is 5.56 Å². The third kappa shape index (κ3) is 1.56. The maximum atomic E-state index is 13.7. The first-order chi connectivity index (χ1) is 8.25. The predicted molar refractivity (Wildman–Crippen MR) is 59.2 cm³/mol. The second-order valence-corrected chi connectivity index (χ2v) is 3.59. The molecular weight excluding hydrogens is 224 g/mol. The van der Waals surface area contributed by atoms with Gasteiger partial charge in [0.2, 0.25) is 0 Å². The summed E-state index contributed by atoms with van der Waals surface area (Å²) in [6, 6.07) is 5.18. The van der Waals surface area contributed by atoms with Crippen LogP contribution in [0.15, 0.2) is 36.8 Å². The molecule has 0 atom stereocenters. The van der Waals surface area contributed by atoms with Crippen LogP contribution >= 0.6 is 0 Å². The molecule has 0 saturated carbocycles. The minimum atomic E-state index is -0.633. The Balaban J connectivity index is 2.30. The van der Waals surface area contributed by atoms with Crippen molar-refractivity contribution in [3.63, 3.8) is 0 Å². The molecule has 2 heterocycles. The smallest absolute Gasteiger partial charge is 0.141 e. The Hall–Kier alpha value is -2.30. The summed E-state index contributed by atoms with van der Waals surface area (Å²) < 4.78 is 26.5. The van der Waals surface area contributed by atoms with Gasteiger partial charge in [-0.1, -0.05) is 0 Å². The van der Waals surface area contributed by atoms with Crippen LogP contribution in [0, 0.1) is 11.6 Å². The molecular formula is C12H7F2N3. The van der Waals surface area contributed by atoms with Gasteiger partial charge in [0, 0.05) is 23.2 Å². The SMILES string of the molecule is Fc1ccc(-c2ncnc3[nH]ccc23)c(F)c1. The molecule has 17 heavy (non-hydrogen) atoms. The zero-order valence-electron chi connectivity index (χ0n) is 8.61. The van der Waals surface area contributed by atoms with Crippen LogP contribution in [0.25, 0.3) is 22.3 Å². The van der Waals surface area contributed by atoms with Crippen molar-refractivity contribution in [2.45, 2.75) is 0 Å². The molecule has 3 rings (SSSR count). The molecule has 0 amide bonds. The summed E-state index contributed by atoms with van der Waals surface area (Å²) in [5.41, 5.74) is 1.34. The quantitative estimate of drug-likeness (QED) is 0.699. The van der Waals surface area contributed by atoms with Crippen molar-refractivity contribution in [1.29, 1.82) is 0 Å². The second-order valence-electron chi connectivity index (χ2n) is 3.59. The molecule has 0 saturated heterocycles. The Bertz CT molecular complexity index is 691. The van der Waals surface area contributed by atoms with Crippen LogP contribution in [0.5, 0.6) is 0 Å². The summed E-state index contributed by atoms with van der Waals surface area (Å²) in [6.07, 6.45) is 3.04. The van der Waals surface area contributed by atoms with E-state index in [0.29, 0.717) is 16.7 Å². The summed E-state index contributed by atoms with van der Waals surface area (Å²) in [5.74, 6) is -1.24. The number of H-pyrrole nitrogens is 1. The van der Waals surface area contributed by atoms with Gasteiger partial charge >= 0.3 is 0 Å². The van der Waals surface area contributed by atoms with Crippen LogP contribution in [0.3, 0.4) is 0 Å². The van der Waals surface area contributed by atoms with Gasteiger partial charge in [-0.15, -0.1) is 0 Å². The molecule has 0 fully saturated rings. The fraction of sp³-hybridized carbons (Fsp3) is 0. The van der Waals surface area contributed by atoms with Gasteiger partial charge in [-0.25, -0.2) is 18.7 Å². The summed E-state index contributed by atoms with van der Waals surface area (Å²) in [7, 11) is 0. The monoisotopic (exact) mass is 231 g/mol. The average molecular weight is 231 g/mol. The minimum Gasteiger partial charge on any atom is -0.346 e. The van der Waals surface area contributed by atoms with E-state index in [2.05, 4.69) is 15.0 Å². The molecule has 84 valence electrons. The Morgan fingerprint density at radius 1 is 1.06 bits per heavy atom. The van der Waals surface area contributed by atoms with Gasteiger partial charge in [0.15, 0.2) is 0 Å². The molecule has 1 aromatic carbocycles. The van der Waals surface area contributed by atoms with Crippen molar-refractivity contribution in [3.05, 3.63) is 48.4 Å². The van der Waals surface area contributed by atoms with E-state index in [1.807, 2.05) is 0 Å². The number of aromatic nitrogens is 3. The van der Waals surface area contributed by atoms with Crippen molar-refractivity contribution in [3.8, 4) is 11.3 Å².